The van der Waals surface area contributed by atoms with Crippen molar-refractivity contribution >= 4 is 28.5 Å². The van der Waals surface area contributed by atoms with Crippen LogP contribution in [0.15, 0.2) is 0 Å². The second-order valence-electron chi connectivity index (χ2n) is 2.43. The highest BCUT2D eigenvalue weighted by Crippen LogP contribution is 2.12. The van der Waals surface area contributed by atoms with Gasteiger partial charge in [-0.05, 0) is 31.2 Å². The van der Waals surface area contributed by atoms with Gasteiger partial charge in [0.15, 0.2) is 4.32 Å². The van der Waals surface area contributed by atoms with Crippen molar-refractivity contribution in [3.63, 3.8) is 0 Å². The summed E-state index contributed by atoms with van der Waals surface area (Å²) in [6, 6.07) is 0. The highest BCUT2D eigenvalue weighted by Gasteiger charge is 2.11. The van der Waals surface area contributed by atoms with Crippen LogP contribution in [0.25, 0.3) is 0 Å². The molecular weight excluding hydrogens is 164 g/mol. The van der Waals surface area contributed by atoms with E-state index in [2.05, 4.69) is 4.90 Å². The molecular formula is C6H12N2S2. The van der Waals surface area contributed by atoms with Gasteiger partial charge in [0.05, 0.1) is 0 Å². The van der Waals surface area contributed by atoms with Gasteiger partial charge in [0.25, 0.3) is 0 Å². The van der Waals surface area contributed by atoms with Crippen molar-refractivity contribution in [2.24, 2.45) is 5.14 Å². The van der Waals surface area contributed by atoms with Gasteiger partial charge in [0, 0.05) is 13.1 Å². The van der Waals surface area contributed by atoms with Crippen LogP contribution in [0.5, 0.6) is 0 Å². The summed E-state index contributed by atoms with van der Waals surface area (Å²) in [5.41, 5.74) is 0. The van der Waals surface area contributed by atoms with Crippen LogP contribution in [0.2, 0.25) is 0 Å². The van der Waals surface area contributed by atoms with Crippen LogP contribution in [0.4, 0.5) is 0 Å². The van der Waals surface area contributed by atoms with E-state index in [1.54, 1.807) is 0 Å². The predicted molar refractivity (Wildman–Crippen MR) is 49.8 cm³/mol. The average molecular weight is 176 g/mol. The lowest BCUT2D eigenvalue weighted by atomic mass is 10.1. The van der Waals surface area contributed by atoms with Crippen molar-refractivity contribution in [3.8, 4) is 0 Å². The summed E-state index contributed by atoms with van der Waals surface area (Å²) < 4.78 is 0.847. The fourth-order valence-electron chi connectivity index (χ4n) is 1.15. The number of thiocarbonyl (C=S) groups is 1. The van der Waals surface area contributed by atoms with Crippen molar-refractivity contribution in [3.05, 3.63) is 0 Å². The molecule has 1 aliphatic rings. The Balaban J connectivity index is 2.31. The van der Waals surface area contributed by atoms with Gasteiger partial charge in [0.2, 0.25) is 0 Å². The maximum Gasteiger partial charge on any atom is 0.151 e. The molecule has 0 bridgehead atoms. The van der Waals surface area contributed by atoms with Crippen molar-refractivity contribution < 1.29 is 0 Å². The third kappa shape index (κ3) is 2.11. The first-order chi connectivity index (χ1) is 4.84. The van der Waals surface area contributed by atoms with E-state index in [1.807, 2.05) is 0 Å². The Morgan fingerprint density at radius 1 is 1.30 bits per heavy atom. The molecule has 1 saturated heterocycles. The Bertz CT molecular complexity index is 121. The quantitative estimate of drug-likeness (QED) is 0.446. The summed E-state index contributed by atoms with van der Waals surface area (Å²) in [5.74, 6) is 0. The van der Waals surface area contributed by atoms with E-state index in [9.17, 15) is 0 Å². The molecule has 1 heterocycles. The third-order valence-corrected chi connectivity index (χ3v) is 2.72. The summed E-state index contributed by atoms with van der Waals surface area (Å²) in [6.45, 7) is 2.20. The summed E-state index contributed by atoms with van der Waals surface area (Å²) in [6.07, 6.45) is 3.87. The highest BCUT2D eigenvalue weighted by atomic mass is 32.2. The van der Waals surface area contributed by atoms with Crippen LogP contribution >= 0.6 is 24.2 Å². The molecule has 0 radical (unpaired) electrons. The van der Waals surface area contributed by atoms with Gasteiger partial charge in [-0.1, -0.05) is 12.2 Å². The first-order valence-corrected chi connectivity index (χ1v) is 4.79. The molecule has 10 heavy (non-hydrogen) atoms. The second-order valence-corrected chi connectivity index (χ2v) is 3.70. The molecule has 1 fully saturated rings. The lowest BCUT2D eigenvalue weighted by Crippen LogP contribution is -2.33. The van der Waals surface area contributed by atoms with Gasteiger partial charge in [-0.25, -0.2) is 0 Å². The minimum atomic E-state index is 0.847. The maximum absolute atomic E-state index is 5.34. The average Bonchev–Trinajstić information content (AvgIpc) is 2.05. The second kappa shape index (κ2) is 4.16. The summed E-state index contributed by atoms with van der Waals surface area (Å²) in [5, 5.41) is 5.34. The Kier molecular flexibility index (Phi) is 3.45. The summed E-state index contributed by atoms with van der Waals surface area (Å²) in [7, 11) is 0. The van der Waals surface area contributed by atoms with E-state index < -0.39 is 0 Å². The van der Waals surface area contributed by atoms with Gasteiger partial charge in [0.1, 0.15) is 0 Å². The zero-order valence-corrected chi connectivity index (χ0v) is 7.51. The van der Waals surface area contributed by atoms with E-state index in [0.717, 1.165) is 17.4 Å². The first-order valence-electron chi connectivity index (χ1n) is 3.50. The van der Waals surface area contributed by atoms with Crippen LogP contribution < -0.4 is 5.14 Å². The first kappa shape index (κ1) is 8.30. The predicted octanol–water partition coefficient (Wildman–Crippen LogP) is 1.36. The van der Waals surface area contributed by atoms with E-state index in [1.165, 1.54) is 31.2 Å². The summed E-state index contributed by atoms with van der Waals surface area (Å²) >= 11 is 6.23. The van der Waals surface area contributed by atoms with Crippen molar-refractivity contribution in [1.29, 1.82) is 0 Å². The Labute approximate surface area is 71.3 Å². The maximum atomic E-state index is 5.34. The van der Waals surface area contributed by atoms with Crippen LogP contribution in [0.3, 0.4) is 0 Å². The molecule has 0 aromatic rings. The van der Waals surface area contributed by atoms with Crippen molar-refractivity contribution in [2.45, 2.75) is 19.3 Å². The van der Waals surface area contributed by atoms with Crippen molar-refractivity contribution in [1.82, 2.24) is 4.90 Å². The lowest BCUT2D eigenvalue weighted by molar-refractivity contribution is 0.352. The van der Waals surface area contributed by atoms with Crippen LogP contribution in [-0.4, -0.2) is 22.3 Å². The minimum Gasteiger partial charge on any atom is -0.357 e. The summed E-state index contributed by atoms with van der Waals surface area (Å²) in [4.78, 5) is 2.18. The number of likely N-dealkylation sites (tertiary alicyclic amines) is 1. The molecule has 58 valence electrons. The fourth-order valence-corrected chi connectivity index (χ4v) is 1.67. The largest absolute Gasteiger partial charge is 0.357 e. The van der Waals surface area contributed by atoms with Crippen LogP contribution in [-0.2, 0) is 0 Å². The standard InChI is InChI=1S/C6H12N2S2/c7-10-6(9)8-4-2-1-3-5-8/h1-5,7H2. The van der Waals surface area contributed by atoms with E-state index >= 15 is 0 Å². The third-order valence-electron chi connectivity index (χ3n) is 1.72. The van der Waals surface area contributed by atoms with Crippen LogP contribution in [0.1, 0.15) is 19.3 Å². The number of piperidine rings is 1. The number of hydrogen-bond acceptors (Lipinski definition) is 3. The van der Waals surface area contributed by atoms with Gasteiger partial charge in [-0.3, -0.25) is 5.14 Å². The molecule has 4 heteroatoms. The Morgan fingerprint density at radius 3 is 2.40 bits per heavy atom. The highest BCUT2D eigenvalue weighted by molar-refractivity contribution is 8.21. The lowest BCUT2D eigenvalue weighted by Gasteiger charge is -2.27. The molecule has 0 unspecified atom stereocenters. The van der Waals surface area contributed by atoms with Gasteiger partial charge < -0.3 is 4.90 Å². The molecule has 1 rings (SSSR count). The molecule has 0 aliphatic carbocycles. The van der Waals surface area contributed by atoms with E-state index in [4.69, 9.17) is 17.4 Å². The smallest absolute Gasteiger partial charge is 0.151 e. The fraction of sp³-hybridized carbons (Fsp3) is 0.833. The minimum absolute atomic E-state index is 0.847. The number of rotatable bonds is 0. The van der Waals surface area contributed by atoms with Crippen molar-refractivity contribution in [2.75, 3.05) is 13.1 Å². The molecule has 2 N–H and O–H groups in total. The van der Waals surface area contributed by atoms with E-state index in [-0.39, 0.29) is 0 Å². The molecule has 0 spiro atoms. The number of hydrogen-bond donors (Lipinski definition) is 1. The molecule has 0 atom stereocenters. The monoisotopic (exact) mass is 176 g/mol. The Hall–Kier alpha value is 0.200. The topological polar surface area (TPSA) is 29.3 Å². The number of nitrogens with zero attached hydrogens (tertiary/aromatic N) is 1. The van der Waals surface area contributed by atoms with Gasteiger partial charge in [-0.15, -0.1) is 0 Å². The normalized spacial score (nSPS) is 19.1. The van der Waals surface area contributed by atoms with Crippen LogP contribution in [0, 0.1) is 0 Å². The molecule has 0 aromatic heterocycles. The SMILES string of the molecule is NSC(=S)N1CCCCC1. The Morgan fingerprint density at radius 2 is 1.90 bits per heavy atom. The zero-order chi connectivity index (χ0) is 7.40. The van der Waals surface area contributed by atoms with Gasteiger partial charge in [-0.2, -0.15) is 0 Å². The molecule has 0 aromatic carbocycles. The zero-order valence-electron chi connectivity index (χ0n) is 5.88. The number of nitrogens with two attached hydrogens (primary N) is 1. The van der Waals surface area contributed by atoms with Gasteiger partial charge >= 0.3 is 0 Å². The molecule has 2 nitrogen and oxygen atoms in total. The van der Waals surface area contributed by atoms with E-state index in [0.29, 0.717) is 0 Å². The molecule has 1 aliphatic heterocycles. The molecule has 0 amide bonds. The molecule has 0 saturated carbocycles.